The summed E-state index contributed by atoms with van der Waals surface area (Å²) in [6.07, 6.45) is 3.53. The van der Waals surface area contributed by atoms with Crippen molar-refractivity contribution in [2.45, 2.75) is 13.3 Å². The first-order valence-corrected chi connectivity index (χ1v) is 6.00. The van der Waals surface area contributed by atoms with E-state index in [2.05, 4.69) is 23.4 Å². The molecule has 1 atom stereocenters. The Morgan fingerprint density at radius 1 is 1.47 bits per heavy atom. The highest BCUT2D eigenvalue weighted by Crippen LogP contribution is 2.01. The van der Waals surface area contributed by atoms with E-state index in [1.807, 2.05) is 0 Å². The molecule has 0 aliphatic carbocycles. The van der Waals surface area contributed by atoms with E-state index in [9.17, 15) is 0 Å². The topological polar surface area (TPSA) is 28.9 Å². The van der Waals surface area contributed by atoms with E-state index in [-0.39, 0.29) is 0 Å². The van der Waals surface area contributed by atoms with Gasteiger partial charge in [-0.2, -0.15) is 0 Å². The van der Waals surface area contributed by atoms with Crippen LogP contribution in [0.1, 0.15) is 13.3 Å². The maximum atomic E-state index is 5.32. The molecule has 0 aromatic heterocycles. The zero-order valence-electron chi connectivity index (χ0n) is 9.59. The normalized spacial score (nSPS) is 28.6. The molecule has 4 heteroatoms. The Morgan fingerprint density at radius 2 is 2.27 bits per heavy atom. The Bertz CT molecular complexity index is 224. The predicted molar refractivity (Wildman–Crippen MR) is 59.5 cm³/mol. The van der Waals surface area contributed by atoms with Crippen molar-refractivity contribution >= 4 is 0 Å². The molecule has 0 spiro atoms. The average Bonchev–Trinajstić information content (AvgIpc) is 2.31. The molecule has 2 rings (SSSR count). The van der Waals surface area contributed by atoms with Crippen LogP contribution < -0.4 is 10.3 Å². The van der Waals surface area contributed by atoms with E-state index in [0.29, 0.717) is 0 Å². The molecule has 2 aliphatic heterocycles. The lowest BCUT2D eigenvalue weighted by Gasteiger charge is -2.31. The van der Waals surface area contributed by atoms with Gasteiger partial charge in [0.1, 0.15) is 0 Å². The number of hydrogen-bond acceptors (Lipinski definition) is 3. The average molecular weight is 212 g/mol. The Balaban J connectivity index is 1.77. The van der Waals surface area contributed by atoms with Gasteiger partial charge in [-0.05, 0) is 13.0 Å². The highest BCUT2D eigenvalue weighted by molar-refractivity contribution is 5.00. The summed E-state index contributed by atoms with van der Waals surface area (Å²) in [4.78, 5) is 1.68. The molecule has 15 heavy (non-hydrogen) atoms. The summed E-state index contributed by atoms with van der Waals surface area (Å²) in [6.45, 7) is 9.64. The maximum absolute atomic E-state index is 5.32. The van der Waals surface area contributed by atoms with Crippen LogP contribution in [0, 0.1) is 0 Å². The van der Waals surface area contributed by atoms with Gasteiger partial charge >= 0.3 is 0 Å². The quantitative estimate of drug-likeness (QED) is 0.630. The molecule has 0 amide bonds. The van der Waals surface area contributed by atoms with Gasteiger partial charge in [0.15, 0.2) is 0 Å². The van der Waals surface area contributed by atoms with Crippen molar-refractivity contribution in [2.24, 2.45) is 0 Å². The van der Waals surface area contributed by atoms with Crippen molar-refractivity contribution in [3.63, 3.8) is 0 Å². The van der Waals surface area contributed by atoms with Crippen LogP contribution in [0.25, 0.3) is 0 Å². The molecule has 4 nitrogen and oxygen atoms in total. The number of nitrogens with zero attached hydrogens (tertiary/aromatic N) is 1. The third kappa shape index (κ3) is 3.19. The standard InChI is InChI=1S/C11H21N3O/c1-2-13-5-3-11(4-6-13)12-14-7-9-15-10-8-14/h3,12H,2,4-10H2,1H3/p+1. The molecule has 0 aromatic carbocycles. The molecule has 86 valence electrons. The van der Waals surface area contributed by atoms with Crippen molar-refractivity contribution < 1.29 is 9.64 Å². The number of likely N-dealkylation sites (N-methyl/N-ethyl adjacent to an activating group) is 1. The Kier molecular flexibility index (Phi) is 4.00. The zero-order chi connectivity index (χ0) is 10.5. The summed E-state index contributed by atoms with van der Waals surface area (Å²) in [5.41, 5.74) is 4.90. The number of hydrogen-bond donors (Lipinski definition) is 2. The van der Waals surface area contributed by atoms with Gasteiger partial charge in [0.25, 0.3) is 0 Å². The predicted octanol–water partition coefficient (Wildman–Crippen LogP) is -0.984. The molecule has 0 radical (unpaired) electrons. The molecular formula is C11H22N3O+. The summed E-state index contributed by atoms with van der Waals surface area (Å²) in [6, 6.07) is 0. The number of hydrazine groups is 1. The molecule has 2 aliphatic rings. The van der Waals surface area contributed by atoms with Gasteiger partial charge in [-0.3, -0.25) is 0 Å². The molecule has 0 aromatic rings. The second kappa shape index (κ2) is 5.49. The van der Waals surface area contributed by atoms with E-state index in [1.54, 1.807) is 4.90 Å². The minimum Gasteiger partial charge on any atom is -0.379 e. The number of rotatable bonds is 3. The summed E-state index contributed by atoms with van der Waals surface area (Å²) in [5.74, 6) is 0. The minimum atomic E-state index is 0.854. The van der Waals surface area contributed by atoms with Crippen molar-refractivity contribution in [2.75, 3.05) is 45.9 Å². The number of morpholine rings is 1. The van der Waals surface area contributed by atoms with Gasteiger partial charge in [-0.1, -0.05) is 0 Å². The van der Waals surface area contributed by atoms with Crippen molar-refractivity contribution in [3.8, 4) is 0 Å². The number of quaternary nitrogens is 1. The maximum Gasteiger partial charge on any atom is 0.0978 e. The zero-order valence-corrected chi connectivity index (χ0v) is 9.59. The lowest BCUT2D eigenvalue weighted by molar-refractivity contribution is -0.893. The van der Waals surface area contributed by atoms with Crippen molar-refractivity contribution in [1.29, 1.82) is 0 Å². The van der Waals surface area contributed by atoms with Crippen LogP contribution in [0.15, 0.2) is 11.8 Å². The van der Waals surface area contributed by atoms with E-state index < -0.39 is 0 Å². The van der Waals surface area contributed by atoms with Crippen LogP contribution in [0.4, 0.5) is 0 Å². The van der Waals surface area contributed by atoms with Gasteiger partial charge in [-0.15, -0.1) is 0 Å². The molecule has 1 fully saturated rings. The Hall–Kier alpha value is -0.580. The van der Waals surface area contributed by atoms with Gasteiger partial charge in [0, 0.05) is 25.2 Å². The number of ether oxygens (including phenoxy) is 1. The smallest absolute Gasteiger partial charge is 0.0978 e. The summed E-state index contributed by atoms with van der Waals surface area (Å²) in [7, 11) is 0. The molecule has 1 saturated heterocycles. The second-order valence-electron chi connectivity index (χ2n) is 4.25. The van der Waals surface area contributed by atoms with Crippen LogP contribution in [-0.4, -0.2) is 50.9 Å². The second-order valence-corrected chi connectivity index (χ2v) is 4.25. The van der Waals surface area contributed by atoms with Crippen LogP contribution in [0.3, 0.4) is 0 Å². The van der Waals surface area contributed by atoms with Crippen LogP contribution in [0.5, 0.6) is 0 Å². The first kappa shape index (κ1) is 10.9. The molecule has 2 N–H and O–H groups in total. The van der Waals surface area contributed by atoms with E-state index in [4.69, 9.17) is 4.74 Å². The first-order valence-electron chi connectivity index (χ1n) is 6.00. The third-order valence-electron chi connectivity index (χ3n) is 3.20. The molecular weight excluding hydrogens is 190 g/mol. The van der Waals surface area contributed by atoms with Gasteiger partial charge < -0.3 is 15.1 Å². The molecule has 1 unspecified atom stereocenters. The highest BCUT2D eigenvalue weighted by Gasteiger charge is 2.16. The van der Waals surface area contributed by atoms with Gasteiger partial charge in [-0.25, -0.2) is 5.01 Å². The first-order chi connectivity index (χ1) is 7.38. The fourth-order valence-corrected chi connectivity index (χ4v) is 2.08. The minimum absolute atomic E-state index is 0.854. The van der Waals surface area contributed by atoms with Crippen molar-refractivity contribution in [1.82, 2.24) is 10.4 Å². The van der Waals surface area contributed by atoms with Crippen molar-refractivity contribution in [3.05, 3.63) is 11.8 Å². The Labute approximate surface area is 91.8 Å². The molecule has 0 bridgehead atoms. The fraction of sp³-hybridized carbons (Fsp3) is 0.818. The van der Waals surface area contributed by atoms with Crippen LogP contribution >= 0.6 is 0 Å². The van der Waals surface area contributed by atoms with E-state index in [0.717, 1.165) is 26.3 Å². The SMILES string of the molecule is CC[NH+]1CC=C(NN2CCOCC2)CC1. The third-order valence-corrected chi connectivity index (χ3v) is 3.20. The molecule has 2 heterocycles. The number of nitrogens with one attached hydrogen (secondary N) is 2. The largest absolute Gasteiger partial charge is 0.379 e. The summed E-state index contributed by atoms with van der Waals surface area (Å²) in [5, 5.41) is 2.27. The van der Waals surface area contributed by atoms with Gasteiger partial charge in [0.05, 0.1) is 32.8 Å². The summed E-state index contributed by atoms with van der Waals surface area (Å²) < 4.78 is 5.32. The lowest BCUT2D eigenvalue weighted by Crippen LogP contribution is -3.12. The van der Waals surface area contributed by atoms with E-state index >= 15 is 0 Å². The highest BCUT2D eigenvalue weighted by atomic mass is 16.5. The molecule has 0 saturated carbocycles. The van der Waals surface area contributed by atoms with E-state index in [1.165, 1.54) is 31.8 Å². The Morgan fingerprint density at radius 3 is 2.87 bits per heavy atom. The lowest BCUT2D eigenvalue weighted by atomic mass is 10.2. The fourth-order valence-electron chi connectivity index (χ4n) is 2.08. The van der Waals surface area contributed by atoms with Gasteiger partial charge in [0.2, 0.25) is 0 Å². The van der Waals surface area contributed by atoms with Crippen LogP contribution in [-0.2, 0) is 4.74 Å². The monoisotopic (exact) mass is 212 g/mol. The van der Waals surface area contributed by atoms with Crippen LogP contribution in [0.2, 0.25) is 0 Å². The summed E-state index contributed by atoms with van der Waals surface area (Å²) >= 11 is 0.